The molecule has 18 heavy (non-hydrogen) atoms. The summed E-state index contributed by atoms with van der Waals surface area (Å²) in [5, 5.41) is 5.79. The summed E-state index contributed by atoms with van der Waals surface area (Å²) in [4.78, 5) is 0. The normalized spacial score (nSPS) is 12.7. The third-order valence-corrected chi connectivity index (χ3v) is 4.65. The van der Waals surface area contributed by atoms with Gasteiger partial charge in [-0.2, -0.15) is 0 Å². The lowest BCUT2D eigenvalue weighted by atomic mass is 10.0. The molecule has 2 rings (SSSR count). The summed E-state index contributed by atoms with van der Waals surface area (Å²) in [7, 11) is 0. The molecule has 1 heterocycles. The van der Waals surface area contributed by atoms with Crippen LogP contribution in [0.3, 0.4) is 0 Å². The topological polar surface area (TPSA) is 12.0 Å². The van der Waals surface area contributed by atoms with E-state index in [0.29, 0.717) is 10.6 Å². The Balaban J connectivity index is 2.41. The Hall–Kier alpha value is -0.170. The fraction of sp³-hybridized carbons (Fsp3) is 0.231. The summed E-state index contributed by atoms with van der Waals surface area (Å²) < 4.78 is 15.2. The van der Waals surface area contributed by atoms with Gasteiger partial charge in [0.1, 0.15) is 5.82 Å². The van der Waals surface area contributed by atoms with Crippen LogP contribution in [-0.2, 0) is 0 Å². The van der Waals surface area contributed by atoms with Gasteiger partial charge in [0, 0.05) is 10.6 Å². The van der Waals surface area contributed by atoms with E-state index in [0.717, 1.165) is 12.1 Å². The van der Waals surface area contributed by atoms with Crippen molar-refractivity contribution in [3.05, 3.63) is 54.5 Å². The van der Waals surface area contributed by atoms with Crippen LogP contribution in [0.2, 0.25) is 5.02 Å². The molecule has 1 N–H and O–H groups in total. The zero-order valence-corrected chi connectivity index (χ0v) is 13.4. The number of nitrogens with one attached hydrogen (secondary N) is 1. The highest BCUT2D eigenvalue weighted by molar-refractivity contribution is 14.1. The zero-order valence-electron chi connectivity index (χ0n) is 9.71. The third kappa shape index (κ3) is 3.23. The van der Waals surface area contributed by atoms with Crippen LogP contribution in [0.5, 0.6) is 0 Å². The molecule has 0 radical (unpaired) electrons. The van der Waals surface area contributed by atoms with Crippen LogP contribution >= 0.6 is 45.5 Å². The van der Waals surface area contributed by atoms with Gasteiger partial charge in [-0.05, 0) is 58.3 Å². The van der Waals surface area contributed by atoms with Gasteiger partial charge in [0.05, 0.1) is 8.93 Å². The first kappa shape index (κ1) is 14.2. The molecule has 1 unspecified atom stereocenters. The van der Waals surface area contributed by atoms with Gasteiger partial charge in [-0.1, -0.05) is 24.6 Å². The molecule has 1 aromatic carbocycles. The van der Waals surface area contributed by atoms with Crippen molar-refractivity contribution in [2.45, 2.75) is 13.0 Å². The van der Waals surface area contributed by atoms with E-state index in [9.17, 15) is 4.39 Å². The maximum absolute atomic E-state index is 14.0. The number of thiophene rings is 1. The monoisotopic (exact) mass is 395 g/mol. The molecule has 0 aliphatic carbocycles. The Labute approximate surface area is 129 Å². The molecule has 0 spiro atoms. The number of hydrogen-bond acceptors (Lipinski definition) is 2. The van der Waals surface area contributed by atoms with Crippen LogP contribution in [0.4, 0.5) is 4.39 Å². The molecule has 0 saturated carbocycles. The quantitative estimate of drug-likeness (QED) is 0.730. The highest BCUT2D eigenvalue weighted by Crippen LogP contribution is 2.29. The molecule has 5 heteroatoms. The summed E-state index contributed by atoms with van der Waals surface area (Å²) >= 11 is 9.72. The first-order valence-electron chi connectivity index (χ1n) is 5.54. The van der Waals surface area contributed by atoms with Gasteiger partial charge in [0.2, 0.25) is 0 Å². The fourth-order valence-corrected chi connectivity index (χ4v) is 3.38. The Morgan fingerprint density at radius 1 is 1.44 bits per heavy atom. The molecule has 96 valence electrons. The summed E-state index contributed by atoms with van der Waals surface area (Å²) in [6.45, 7) is 2.79. The van der Waals surface area contributed by atoms with E-state index < -0.39 is 0 Å². The number of rotatable bonds is 4. The average Bonchev–Trinajstić information content (AvgIpc) is 2.73. The smallest absolute Gasteiger partial charge is 0.129 e. The molecule has 1 atom stereocenters. The van der Waals surface area contributed by atoms with E-state index in [1.165, 1.54) is 8.95 Å². The Kier molecular flexibility index (Phi) is 5.00. The van der Waals surface area contributed by atoms with E-state index >= 15 is 0 Å². The van der Waals surface area contributed by atoms with Gasteiger partial charge < -0.3 is 5.32 Å². The van der Waals surface area contributed by atoms with Crippen molar-refractivity contribution in [3.8, 4) is 0 Å². The van der Waals surface area contributed by atoms with Crippen molar-refractivity contribution in [3.63, 3.8) is 0 Å². The van der Waals surface area contributed by atoms with Gasteiger partial charge >= 0.3 is 0 Å². The lowest BCUT2D eigenvalue weighted by molar-refractivity contribution is 0.560. The van der Waals surface area contributed by atoms with Crippen LogP contribution in [0.1, 0.15) is 24.1 Å². The van der Waals surface area contributed by atoms with Gasteiger partial charge in [-0.25, -0.2) is 4.39 Å². The Morgan fingerprint density at radius 2 is 2.22 bits per heavy atom. The average molecular weight is 396 g/mol. The van der Waals surface area contributed by atoms with Gasteiger partial charge in [-0.3, -0.25) is 0 Å². The maximum Gasteiger partial charge on any atom is 0.129 e. The lowest BCUT2D eigenvalue weighted by Gasteiger charge is -2.18. The number of hydrogen-bond donors (Lipinski definition) is 1. The van der Waals surface area contributed by atoms with E-state index in [-0.39, 0.29) is 11.9 Å². The summed E-state index contributed by atoms with van der Waals surface area (Å²) in [5.41, 5.74) is 1.72. The van der Waals surface area contributed by atoms with E-state index in [1.54, 1.807) is 23.5 Å². The largest absolute Gasteiger partial charge is 0.306 e. The summed E-state index contributed by atoms with van der Waals surface area (Å²) in [5.74, 6) is -0.269. The molecule has 0 bridgehead atoms. The second-order valence-corrected chi connectivity index (χ2v) is 7.08. The third-order valence-electron chi connectivity index (χ3n) is 2.60. The highest BCUT2D eigenvalue weighted by Gasteiger charge is 2.18. The standard InChI is InChI=1S/C13H12ClFINS/c1-2-17-13(8-5-12(16)18-7-8)10-4-3-9(14)6-11(10)15/h3-7,13,17H,2H2,1H3. The Morgan fingerprint density at radius 3 is 2.78 bits per heavy atom. The first-order valence-corrected chi connectivity index (χ1v) is 7.87. The highest BCUT2D eigenvalue weighted by atomic mass is 127. The molecular weight excluding hydrogens is 384 g/mol. The molecule has 0 amide bonds. The minimum atomic E-state index is -0.269. The van der Waals surface area contributed by atoms with Crippen LogP contribution in [0.25, 0.3) is 0 Å². The second-order valence-electron chi connectivity index (χ2n) is 3.84. The predicted molar refractivity (Wildman–Crippen MR) is 84.0 cm³/mol. The molecular formula is C13H12ClFINS. The SMILES string of the molecule is CCNC(c1csc(I)c1)c1ccc(Cl)cc1F. The van der Waals surface area contributed by atoms with Crippen molar-refractivity contribution in [2.75, 3.05) is 6.54 Å². The molecule has 0 aliphatic rings. The molecule has 2 aromatic rings. The van der Waals surface area contributed by atoms with Crippen LogP contribution in [-0.4, -0.2) is 6.54 Å². The molecule has 0 fully saturated rings. The van der Waals surface area contributed by atoms with E-state index in [2.05, 4.69) is 39.4 Å². The number of halogens is 3. The van der Waals surface area contributed by atoms with Crippen molar-refractivity contribution in [1.82, 2.24) is 5.32 Å². The summed E-state index contributed by atoms with van der Waals surface area (Å²) in [6.07, 6.45) is 0. The zero-order chi connectivity index (χ0) is 13.1. The van der Waals surface area contributed by atoms with Crippen LogP contribution < -0.4 is 5.32 Å². The van der Waals surface area contributed by atoms with Gasteiger partial charge in [-0.15, -0.1) is 11.3 Å². The van der Waals surface area contributed by atoms with Gasteiger partial charge in [0.25, 0.3) is 0 Å². The molecule has 0 aliphatic heterocycles. The fourth-order valence-electron chi connectivity index (χ4n) is 1.82. The van der Waals surface area contributed by atoms with Crippen molar-refractivity contribution < 1.29 is 4.39 Å². The van der Waals surface area contributed by atoms with E-state index in [4.69, 9.17) is 11.6 Å². The second kappa shape index (κ2) is 6.32. The predicted octanol–water partition coefficient (Wildman–Crippen LogP) is 4.84. The lowest BCUT2D eigenvalue weighted by Crippen LogP contribution is -2.22. The maximum atomic E-state index is 14.0. The van der Waals surface area contributed by atoms with Crippen LogP contribution in [0, 0.1) is 8.70 Å². The summed E-state index contributed by atoms with van der Waals surface area (Å²) in [6, 6.07) is 6.79. The molecule has 1 nitrogen and oxygen atoms in total. The minimum absolute atomic E-state index is 0.118. The van der Waals surface area contributed by atoms with Gasteiger partial charge in [0.15, 0.2) is 0 Å². The van der Waals surface area contributed by atoms with E-state index in [1.807, 2.05) is 6.92 Å². The van der Waals surface area contributed by atoms with Crippen molar-refractivity contribution in [1.29, 1.82) is 0 Å². The Bertz CT molecular complexity index is 544. The molecule has 0 saturated heterocycles. The molecule has 1 aromatic heterocycles. The number of benzene rings is 1. The van der Waals surface area contributed by atoms with Crippen molar-refractivity contribution in [2.24, 2.45) is 0 Å². The first-order chi connectivity index (χ1) is 8.61. The minimum Gasteiger partial charge on any atom is -0.306 e. The van der Waals surface area contributed by atoms with Crippen molar-refractivity contribution >= 4 is 45.5 Å². The van der Waals surface area contributed by atoms with Crippen LogP contribution in [0.15, 0.2) is 29.6 Å².